The summed E-state index contributed by atoms with van der Waals surface area (Å²) in [5, 5.41) is 11.0. The SMILES string of the molecule is COCC[C@H]([C@@H]1C[C@H]1C(=O)NC1CC(C)(C)Oc2cc(Cl)ccc21)N1C(=O)CC(C)(C)N=C1N.O=C(O)C(F)(F)F. The molecule has 0 radical (unpaired) electrons. The predicted molar refractivity (Wildman–Crippen MR) is 144 cm³/mol. The Morgan fingerprint density at radius 2 is 1.95 bits per heavy atom. The van der Waals surface area contributed by atoms with Crippen LogP contribution >= 0.6 is 11.6 Å². The third-order valence-electron chi connectivity index (χ3n) is 7.13. The van der Waals surface area contributed by atoms with E-state index in [2.05, 4.69) is 10.3 Å². The molecule has 228 valence electrons. The molecule has 0 bridgehead atoms. The molecule has 0 aromatic heterocycles. The number of ether oxygens (including phenoxy) is 2. The lowest BCUT2D eigenvalue weighted by molar-refractivity contribution is -0.192. The summed E-state index contributed by atoms with van der Waals surface area (Å²) in [6.45, 7) is 8.27. The first-order valence-electron chi connectivity index (χ1n) is 13.1. The summed E-state index contributed by atoms with van der Waals surface area (Å²) < 4.78 is 43.1. The van der Waals surface area contributed by atoms with Gasteiger partial charge in [0.25, 0.3) is 0 Å². The van der Waals surface area contributed by atoms with E-state index in [9.17, 15) is 22.8 Å². The molecule has 41 heavy (non-hydrogen) atoms. The largest absolute Gasteiger partial charge is 0.490 e. The summed E-state index contributed by atoms with van der Waals surface area (Å²) in [6.07, 6.45) is -2.85. The van der Waals surface area contributed by atoms with Gasteiger partial charge >= 0.3 is 12.1 Å². The Morgan fingerprint density at radius 3 is 2.51 bits per heavy atom. The zero-order chi connectivity index (χ0) is 30.9. The van der Waals surface area contributed by atoms with Crippen LogP contribution in [0.2, 0.25) is 5.02 Å². The van der Waals surface area contributed by atoms with Gasteiger partial charge in [-0.05, 0) is 58.6 Å². The van der Waals surface area contributed by atoms with E-state index in [1.165, 1.54) is 0 Å². The summed E-state index contributed by atoms with van der Waals surface area (Å²) >= 11 is 6.16. The number of carboxylic acid groups (broad SMARTS) is 1. The standard InChI is InChI=1S/C25H35ClN4O4.C2HF3O2/c1-24(2)13-21(31)30(23(27)29-24)19(8-9-33-5)16-11-17(16)22(32)28-18-12-25(3,4)34-20-10-14(26)6-7-15(18)20;3-2(4,5)1(6)7/h6-7,10,16-19H,8-9,11-13H2,1-5H3,(H2,27,29)(H,28,32);(H,6,7)/t16-,17-,18?,19-;/m1./s1. The first kappa shape index (κ1) is 32.5. The van der Waals surface area contributed by atoms with Crippen molar-refractivity contribution in [2.45, 2.75) is 82.8 Å². The lowest BCUT2D eigenvalue weighted by Gasteiger charge is -2.38. The molecule has 10 nitrogen and oxygen atoms in total. The number of nitrogens with two attached hydrogens (primary N) is 1. The van der Waals surface area contributed by atoms with E-state index in [1.54, 1.807) is 18.1 Å². The number of aliphatic imine (C=N–C) groups is 1. The van der Waals surface area contributed by atoms with Crippen molar-refractivity contribution in [3.8, 4) is 5.75 Å². The van der Waals surface area contributed by atoms with E-state index >= 15 is 0 Å². The summed E-state index contributed by atoms with van der Waals surface area (Å²) in [6, 6.07) is 5.12. The zero-order valence-electron chi connectivity index (χ0n) is 23.5. The van der Waals surface area contributed by atoms with Gasteiger partial charge < -0.3 is 25.6 Å². The second-order valence-electron chi connectivity index (χ2n) is 11.7. The average Bonchev–Trinajstić information content (AvgIpc) is 3.59. The molecule has 4 atom stereocenters. The molecule has 3 aliphatic rings. The molecule has 1 unspecified atom stereocenters. The van der Waals surface area contributed by atoms with Crippen molar-refractivity contribution in [1.29, 1.82) is 0 Å². The maximum atomic E-state index is 13.3. The zero-order valence-corrected chi connectivity index (χ0v) is 24.3. The molecule has 1 fully saturated rings. The van der Waals surface area contributed by atoms with E-state index in [4.69, 9.17) is 36.7 Å². The topological polar surface area (TPSA) is 144 Å². The molecular weight excluding hydrogens is 569 g/mol. The molecule has 4 rings (SSSR count). The van der Waals surface area contributed by atoms with Crippen molar-refractivity contribution in [2.75, 3.05) is 13.7 Å². The highest BCUT2D eigenvalue weighted by Gasteiger charge is 2.52. The molecule has 0 saturated heterocycles. The Balaban J connectivity index is 0.000000587. The number of carbonyl (C=O) groups is 3. The Bertz CT molecular complexity index is 1210. The van der Waals surface area contributed by atoms with Crippen molar-refractivity contribution in [1.82, 2.24) is 10.2 Å². The molecular formula is C27H36ClF3N4O6. The van der Waals surface area contributed by atoms with Crippen LogP contribution in [0.5, 0.6) is 5.75 Å². The van der Waals surface area contributed by atoms with Gasteiger partial charge in [-0.25, -0.2) is 9.79 Å². The highest BCUT2D eigenvalue weighted by atomic mass is 35.5. The second-order valence-corrected chi connectivity index (χ2v) is 12.1. The monoisotopic (exact) mass is 604 g/mol. The molecule has 1 aromatic carbocycles. The third-order valence-corrected chi connectivity index (χ3v) is 7.36. The van der Waals surface area contributed by atoms with Gasteiger partial charge in [-0.15, -0.1) is 0 Å². The van der Waals surface area contributed by atoms with Crippen molar-refractivity contribution >= 4 is 35.3 Å². The summed E-state index contributed by atoms with van der Waals surface area (Å²) in [4.78, 5) is 41.3. The van der Waals surface area contributed by atoms with Crippen LogP contribution in [0.15, 0.2) is 23.2 Å². The number of nitrogens with one attached hydrogen (secondary N) is 1. The number of fused-ring (bicyclic) bond motifs is 1. The minimum absolute atomic E-state index is 0.00611. The molecule has 2 aliphatic heterocycles. The number of guanidine groups is 1. The molecule has 4 N–H and O–H groups in total. The number of aliphatic carboxylic acids is 1. The quantitative estimate of drug-likeness (QED) is 0.426. The van der Waals surface area contributed by atoms with Gasteiger partial charge in [-0.3, -0.25) is 14.5 Å². The number of hydrogen-bond acceptors (Lipinski definition) is 7. The number of alkyl halides is 3. The summed E-state index contributed by atoms with van der Waals surface area (Å²) in [7, 11) is 1.63. The van der Waals surface area contributed by atoms with Gasteiger partial charge in [0.1, 0.15) is 11.4 Å². The van der Waals surface area contributed by atoms with Gasteiger partial charge in [-0.2, -0.15) is 13.2 Å². The van der Waals surface area contributed by atoms with Crippen LogP contribution in [0.1, 0.15) is 65.0 Å². The van der Waals surface area contributed by atoms with E-state index in [0.717, 1.165) is 5.56 Å². The molecule has 14 heteroatoms. The predicted octanol–water partition coefficient (Wildman–Crippen LogP) is 4.06. The van der Waals surface area contributed by atoms with Gasteiger partial charge in [0, 0.05) is 42.7 Å². The highest BCUT2D eigenvalue weighted by molar-refractivity contribution is 6.30. The number of amides is 2. The minimum atomic E-state index is -5.08. The fourth-order valence-corrected chi connectivity index (χ4v) is 5.45. The molecule has 1 aliphatic carbocycles. The highest BCUT2D eigenvalue weighted by Crippen LogP contribution is 2.47. The number of carbonyl (C=O) groups excluding carboxylic acids is 2. The summed E-state index contributed by atoms with van der Waals surface area (Å²) in [5.41, 5.74) is 6.21. The molecule has 1 saturated carbocycles. The van der Waals surface area contributed by atoms with Crippen LogP contribution in [-0.2, 0) is 19.1 Å². The Hall–Kier alpha value is -3.06. The number of nitrogens with zero attached hydrogens (tertiary/aromatic N) is 2. The fourth-order valence-electron chi connectivity index (χ4n) is 5.29. The smallest absolute Gasteiger partial charge is 0.487 e. The Kier molecular flexibility index (Phi) is 9.53. The summed E-state index contributed by atoms with van der Waals surface area (Å²) in [5.74, 6) is -2.09. The van der Waals surface area contributed by atoms with Crippen LogP contribution < -0.4 is 15.8 Å². The number of hydrogen-bond donors (Lipinski definition) is 3. The van der Waals surface area contributed by atoms with Crippen LogP contribution in [-0.4, -0.2) is 70.8 Å². The van der Waals surface area contributed by atoms with Crippen molar-refractivity contribution < 1.29 is 42.1 Å². The number of carboxylic acids is 1. The van der Waals surface area contributed by atoms with Crippen LogP contribution in [0.3, 0.4) is 0 Å². The first-order valence-corrected chi connectivity index (χ1v) is 13.5. The van der Waals surface area contributed by atoms with Crippen LogP contribution in [0.25, 0.3) is 0 Å². The molecule has 1 aromatic rings. The van der Waals surface area contributed by atoms with Crippen molar-refractivity contribution in [3.05, 3.63) is 28.8 Å². The maximum Gasteiger partial charge on any atom is 0.490 e. The van der Waals surface area contributed by atoms with Gasteiger partial charge in [0.05, 0.1) is 18.0 Å². The normalized spacial score (nSPS) is 25.0. The van der Waals surface area contributed by atoms with E-state index in [1.807, 2.05) is 39.8 Å². The van der Waals surface area contributed by atoms with E-state index in [-0.39, 0.29) is 48.1 Å². The molecule has 2 heterocycles. The molecule has 2 amide bonds. The van der Waals surface area contributed by atoms with Crippen molar-refractivity contribution in [2.24, 2.45) is 22.6 Å². The minimum Gasteiger partial charge on any atom is -0.487 e. The van der Waals surface area contributed by atoms with Crippen LogP contribution in [0.4, 0.5) is 13.2 Å². The Morgan fingerprint density at radius 1 is 1.32 bits per heavy atom. The van der Waals surface area contributed by atoms with Crippen molar-refractivity contribution in [3.63, 3.8) is 0 Å². The first-order chi connectivity index (χ1) is 18.8. The van der Waals surface area contributed by atoms with Crippen LogP contribution in [0, 0.1) is 11.8 Å². The molecule has 0 spiro atoms. The lowest BCUT2D eigenvalue weighted by atomic mass is 9.89. The van der Waals surface area contributed by atoms with E-state index in [0.29, 0.717) is 36.6 Å². The fraction of sp³-hybridized carbons (Fsp3) is 0.630. The van der Waals surface area contributed by atoms with E-state index < -0.39 is 23.3 Å². The number of methoxy groups -OCH3 is 1. The van der Waals surface area contributed by atoms with Gasteiger partial charge in [0.2, 0.25) is 11.8 Å². The number of benzene rings is 1. The Labute approximate surface area is 241 Å². The number of rotatable bonds is 7. The lowest BCUT2D eigenvalue weighted by Crippen LogP contribution is -2.55. The number of halogens is 4. The van der Waals surface area contributed by atoms with Gasteiger partial charge in [0.15, 0.2) is 5.96 Å². The van der Waals surface area contributed by atoms with Gasteiger partial charge in [-0.1, -0.05) is 17.7 Å². The maximum absolute atomic E-state index is 13.3. The average molecular weight is 605 g/mol. The third kappa shape index (κ3) is 8.25. The second kappa shape index (κ2) is 12.0.